The largest absolute Gasteiger partial charge is 0.381 e. The van der Waals surface area contributed by atoms with Gasteiger partial charge in [0.05, 0.1) is 0 Å². The third-order valence-corrected chi connectivity index (χ3v) is 3.61. The Morgan fingerprint density at radius 2 is 2.26 bits per heavy atom. The molecule has 0 spiro atoms. The van der Waals surface area contributed by atoms with Crippen LogP contribution in [0.25, 0.3) is 0 Å². The molecule has 2 rings (SSSR count). The summed E-state index contributed by atoms with van der Waals surface area (Å²) in [6.45, 7) is 6.78. The molecule has 2 heterocycles. The molecule has 1 saturated heterocycles. The van der Waals surface area contributed by atoms with Crippen molar-refractivity contribution in [3.8, 4) is 0 Å². The van der Waals surface area contributed by atoms with Crippen molar-refractivity contribution in [2.75, 3.05) is 19.8 Å². The van der Waals surface area contributed by atoms with Crippen LogP contribution >= 0.6 is 0 Å². The lowest BCUT2D eigenvalue weighted by Gasteiger charge is -2.14. The van der Waals surface area contributed by atoms with Crippen molar-refractivity contribution in [1.29, 1.82) is 0 Å². The zero-order chi connectivity index (χ0) is 13.7. The Bertz CT molecular complexity index is 373. The lowest BCUT2D eigenvalue weighted by Crippen LogP contribution is -2.19. The van der Waals surface area contributed by atoms with Gasteiger partial charge < -0.3 is 15.0 Å². The van der Waals surface area contributed by atoms with Crippen LogP contribution in [0.1, 0.15) is 38.4 Å². The predicted molar refractivity (Wildman–Crippen MR) is 72.6 cm³/mol. The SMILES string of the molecule is CC(C)C[C@H](CN)Cc1nc(CC2CCOC2)no1. The topological polar surface area (TPSA) is 74.2 Å². The normalized spacial score (nSPS) is 21.2. The summed E-state index contributed by atoms with van der Waals surface area (Å²) < 4.78 is 10.7. The fraction of sp³-hybridized carbons (Fsp3) is 0.857. The van der Waals surface area contributed by atoms with E-state index >= 15 is 0 Å². The van der Waals surface area contributed by atoms with Crippen molar-refractivity contribution >= 4 is 0 Å². The van der Waals surface area contributed by atoms with Gasteiger partial charge >= 0.3 is 0 Å². The maximum absolute atomic E-state index is 5.80. The molecule has 1 aliphatic rings. The first-order chi connectivity index (χ1) is 9.17. The van der Waals surface area contributed by atoms with Gasteiger partial charge in [-0.1, -0.05) is 19.0 Å². The molecule has 0 aliphatic carbocycles. The number of aromatic nitrogens is 2. The summed E-state index contributed by atoms with van der Waals surface area (Å²) in [7, 11) is 0. The van der Waals surface area contributed by atoms with Crippen LogP contribution in [0, 0.1) is 17.8 Å². The Kier molecular flexibility index (Phi) is 5.34. The molecule has 19 heavy (non-hydrogen) atoms. The molecule has 2 N–H and O–H groups in total. The summed E-state index contributed by atoms with van der Waals surface area (Å²) in [5.74, 6) is 3.16. The molecule has 0 saturated carbocycles. The summed E-state index contributed by atoms with van der Waals surface area (Å²) in [6, 6.07) is 0. The van der Waals surface area contributed by atoms with E-state index in [2.05, 4.69) is 24.0 Å². The third kappa shape index (κ3) is 4.58. The average Bonchev–Trinajstić information content (AvgIpc) is 3.00. The molecule has 1 fully saturated rings. The van der Waals surface area contributed by atoms with Crippen LogP contribution in [0.3, 0.4) is 0 Å². The van der Waals surface area contributed by atoms with Gasteiger partial charge in [0.15, 0.2) is 5.82 Å². The van der Waals surface area contributed by atoms with E-state index in [1.165, 1.54) is 0 Å². The molecule has 2 atom stereocenters. The Balaban J connectivity index is 1.85. The Hall–Kier alpha value is -0.940. The number of ether oxygens (including phenoxy) is 1. The molecule has 108 valence electrons. The Morgan fingerprint density at radius 1 is 1.42 bits per heavy atom. The van der Waals surface area contributed by atoms with Gasteiger partial charge in [-0.05, 0) is 37.1 Å². The van der Waals surface area contributed by atoms with Crippen molar-refractivity contribution in [2.24, 2.45) is 23.5 Å². The van der Waals surface area contributed by atoms with Crippen molar-refractivity contribution in [3.05, 3.63) is 11.7 Å². The van der Waals surface area contributed by atoms with E-state index in [1.54, 1.807) is 0 Å². The second-order valence-electron chi connectivity index (χ2n) is 5.97. The zero-order valence-electron chi connectivity index (χ0n) is 12.0. The van der Waals surface area contributed by atoms with Crippen molar-refractivity contribution in [3.63, 3.8) is 0 Å². The quantitative estimate of drug-likeness (QED) is 0.815. The first kappa shape index (κ1) is 14.5. The van der Waals surface area contributed by atoms with Gasteiger partial charge in [0, 0.05) is 26.1 Å². The van der Waals surface area contributed by atoms with Gasteiger partial charge in [0.2, 0.25) is 5.89 Å². The van der Waals surface area contributed by atoms with Gasteiger partial charge in [-0.15, -0.1) is 0 Å². The van der Waals surface area contributed by atoms with E-state index < -0.39 is 0 Å². The van der Waals surface area contributed by atoms with Crippen LogP contribution in [-0.4, -0.2) is 29.9 Å². The minimum Gasteiger partial charge on any atom is -0.381 e. The lowest BCUT2D eigenvalue weighted by molar-refractivity contribution is 0.185. The molecule has 0 radical (unpaired) electrons. The zero-order valence-corrected chi connectivity index (χ0v) is 12.0. The molecule has 0 bridgehead atoms. The second kappa shape index (κ2) is 7.01. The molecule has 5 heteroatoms. The molecule has 5 nitrogen and oxygen atoms in total. The fourth-order valence-corrected chi connectivity index (χ4v) is 2.63. The van der Waals surface area contributed by atoms with E-state index in [0.29, 0.717) is 24.3 Å². The Labute approximate surface area is 114 Å². The van der Waals surface area contributed by atoms with Crippen LogP contribution in [0.2, 0.25) is 0 Å². The standard InChI is InChI=1S/C14H25N3O2/c1-10(2)5-12(8-15)7-14-16-13(17-19-14)6-11-3-4-18-9-11/h10-12H,3-9,15H2,1-2H3/t11?,12-/m0/s1. The van der Waals surface area contributed by atoms with Crippen LogP contribution in [0.5, 0.6) is 0 Å². The monoisotopic (exact) mass is 267 g/mol. The minimum absolute atomic E-state index is 0.433. The van der Waals surface area contributed by atoms with Gasteiger partial charge in [-0.25, -0.2) is 0 Å². The Morgan fingerprint density at radius 3 is 2.89 bits per heavy atom. The minimum atomic E-state index is 0.433. The van der Waals surface area contributed by atoms with E-state index in [9.17, 15) is 0 Å². The summed E-state index contributed by atoms with van der Waals surface area (Å²) in [4.78, 5) is 4.48. The molecule has 0 amide bonds. The van der Waals surface area contributed by atoms with E-state index in [-0.39, 0.29) is 0 Å². The predicted octanol–water partition coefficient (Wildman–Crippen LogP) is 1.81. The smallest absolute Gasteiger partial charge is 0.226 e. The highest BCUT2D eigenvalue weighted by Gasteiger charge is 2.20. The van der Waals surface area contributed by atoms with Crippen molar-refractivity contribution in [1.82, 2.24) is 10.1 Å². The van der Waals surface area contributed by atoms with E-state index in [0.717, 1.165) is 50.6 Å². The maximum atomic E-state index is 5.80. The highest BCUT2D eigenvalue weighted by atomic mass is 16.5. The van der Waals surface area contributed by atoms with Gasteiger partial charge in [-0.2, -0.15) is 4.98 Å². The van der Waals surface area contributed by atoms with Crippen LogP contribution in [0.4, 0.5) is 0 Å². The van der Waals surface area contributed by atoms with Crippen LogP contribution in [-0.2, 0) is 17.6 Å². The van der Waals surface area contributed by atoms with E-state index in [1.807, 2.05) is 0 Å². The molecule has 1 aliphatic heterocycles. The number of rotatable bonds is 7. The number of nitrogens with two attached hydrogens (primary N) is 1. The van der Waals surface area contributed by atoms with Crippen LogP contribution in [0.15, 0.2) is 4.52 Å². The summed E-state index contributed by atoms with van der Waals surface area (Å²) in [6.07, 6.45) is 3.86. The molecular weight excluding hydrogens is 242 g/mol. The number of hydrogen-bond acceptors (Lipinski definition) is 5. The average molecular weight is 267 g/mol. The van der Waals surface area contributed by atoms with E-state index in [4.69, 9.17) is 15.0 Å². The summed E-state index contributed by atoms with van der Waals surface area (Å²) in [5.41, 5.74) is 5.80. The summed E-state index contributed by atoms with van der Waals surface area (Å²) in [5, 5.41) is 4.06. The fourth-order valence-electron chi connectivity index (χ4n) is 2.63. The maximum Gasteiger partial charge on any atom is 0.226 e. The second-order valence-corrected chi connectivity index (χ2v) is 5.97. The van der Waals surface area contributed by atoms with Crippen molar-refractivity contribution in [2.45, 2.75) is 39.5 Å². The number of nitrogens with zero attached hydrogens (tertiary/aromatic N) is 2. The molecule has 1 aromatic heterocycles. The summed E-state index contributed by atoms with van der Waals surface area (Å²) >= 11 is 0. The van der Waals surface area contributed by atoms with Gasteiger partial charge in [0.25, 0.3) is 0 Å². The number of hydrogen-bond donors (Lipinski definition) is 1. The van der Waals surface area contributed by atoms with Gasteiger partial charge in [0.1, 0.15) is 0 Å². The molecular formula is C14H25N3O2. The molecule has 1 aromatic rings. The lowest BCUT2D eigenvalue weighted by atomic mass is 9.94. The first-order valence-corrected chi connectivity index (χ1v) is 7.26. The van der Waals surface area contributed by atoms with Crippen molar-refractivity contribution < 1.29 is 9.26 Å². The molecule has 0 aromatic carbocycles. The highest BCUT2D eigenvalue weighted by molar-refractivity contribution is 4.91. The van der Waals surface area contributed by atoms with Gasteiger partial charge in [-0.3, -0.25) is 0 Å². The third-order valence-electron chi connectivity index (χ3n) is 3.61. The molecule has 1 unspecified atom stereocenters. The van der Waals surface area contributed by atoms with Crippen LogP contribution < -0.4 is 5.73 Å². The highest BCUT2D eigenvalue weighted by Crippen LogP contribution is 2.18. The first-order valence-electron chi connectivity index (χ1n) is 7.26.